The Morgan fingerprint density at radius 1 is 1.07 bits per heavy atom. The maximum absolute atomic E-state index is 12.4. The van der Waals surface area contributed by atoms with E-state index in [1.807, 2.05) is 30.3 Å². The van der Waals surface area contributed by atoms with Gasteiger partial charge in [0.1, 0.15) is 5.75 Å². The van der Waals surface area contributed by atoms with Crippen LogP contribution in [0.5, 0.6) is 5.75 Å². The van der Waals surface area contributed by atoms with Gasteiger partial charge >= 0.3 is 0 Å². The predicted molar refractivity (Wildman–Crippen MR) is 109 cm³/mol. The van der Waals surface area contributed by atoms with Gasteiger partial charge in [0.15, 0.2) is 0 Å². The Morgan fingerprint density at radius 3 is 2.52 bits per heavy atom. The second-order valence-corrected chi connectivity index (χ2v) is 7.35. The summed E-state index contributed by atoms with van der Waals surface area (Å²) in [4.78, 5) is 15.0. The van der Waals surface area contributed by atoms with Crippen molar-refractivity contribution in [2.75, 3.05) is 13.7 Å². The van der Waals surface area contributed by atoms with E-state index >= 15 is 0 Å². The van der Waals surface area contributed by atoms with Crippen LogP contribution in [0.3, 0.4) is 0 Å². The van der Waals surface area contributed by atoms with E-state index in [9.17, 15) is 4.79 Å². The summed E-state index contributed by atoms with van der Waals surface area (Å²) in [5, 5.41) is 3.07. The molecule has 1 fully saturated rings. The number of ether oxygens (including phenoxy) is 1. The number of piperidine rings is 1. The average molecular weight is 367 g/mol. The summed E-state index contributed by atoms with van der Waals surface area (Å²) in [7, 11) is 1.63. The molecule has 1 unspecified atom stereocenters. The Kier molecular flexibility index (Phi) is 6.88. The molecular formula is C23H30N2O2. The highest BCUT2D eigenvalue weighted by atomic mass is 16.5. The molecule has 1 heterocycles. The number of methoxy groups -OCH3 is 1. The Bertz CT molecular complexity index is 760. The minimum atomic E-state index is 0.0145. The van der Waals surface area contributed by atoms with Crippen LogP contribution in [0.1, 0.15) is 42.9 Å². The van der Waals surface area contributed by atoms with Crippen LogP contribution in [-0.2, 0) is 24.3 Å². The summed E-state index contributed by atoms with van der Waals surface area (Å²) < 4.78 is 5.34. The monoisotopic (exact) mass is 366 g/mol. The van der Waals surface area contributed by atoms with Gasteiger partial charge in [-0.2, -0.15) is 0 Å². The van der Waals surface area contributed by atoms with Crippen LogP contribution in [0.25, 0.3) is 0 Å². The van der Waals surface area contributed by atoms with Crippen LogP contribution in [-0.4, -0.2) is 30.5 Å². The summed E-state index contributed by atoms with van der Waals surface area (Å²) in [5.74, 6) is 0.771. The standard InChI is InChI=1S/C23H30N2O2/c1-18-9-7-8-14-25(18)17-21-12-4-3-11-20(21)16-24-23(26)15-19-10-5-6-13-22(19)27-2/h3-6,10-13,18H,7-9,14-17H2,1-2H3,(H,24,26). The Balaban J connectivity index is 1.60. The third kappa shape index (κ3) is 5.33. The van der Waals surface area contributed by atoms with E-state index in [1.165, 1.54) is 30.4 Å². The third-order valence-electron chi connectivity index (χ3n) is 5.45. The number of likely N-dealkylation sites (tertiary alicyclic amines) is 1. The number of nitrogens with zero attached hydrogens (tertiary/aromatic N) is 1. The lowest BCUT2D eigenvalue weighted by atomic mass is 10.0. The lowest BCUT2D eigenvalue weighted by molar-refractivity contribution is -0.120. The van der Waals surface area contributed by atoms with Gasteiger partial charge in [0.05, 0.1) is 13.5 Å². The summed E-state index contributed by atoms with van der Waals surface area (Å²) >= 11 is 0. The number of para-hydroxylation sites is 1. The van der Waals surface area contributed by atoms with E-state index in [2.05, 4.69) is 35.3 Å². The van der Waals surface area contributed by atoms with E-state index in [-0.39, 0.29) is 5.91 Å². The van der Waals surface area contributed by atoms with E-state index in [4.69, 9.17) is 4.74 Å². The van der Waals surface area contributed by atoms with E-state index < -0.39 is 0 Å². The normalized spacial score (nSPS) is 17.5. The van der Waals surface area contributed by atoms with Gasteiger partial charge in [-0.25, -0.2) is 0 Å². The van der Waals surface area contributed by atoms with E-state index in [0.717, 1.165) is 24.4 Å². The molecular weight excluding hydrogens is 336 g/mol. The highest BCUT2D eigenvalue weighted by Gasteiger charge is 2.19. The molecule has 1 amide bonds. The molecule has 144 valence electrons. The van der Waals surface area contributed by atoms with Crippen LogP contribution >= 0.6 is 0 Å². The van der Waals surface area contributed by atoms with Crippen molar-refractivity contribution in [1.82, 2.24) is 10.2 Å². The first-order chi connectivity index (χ1) is 13.2. The topological polar surface area (TPSA) is 41.6 Å². The quantitative estimate of drug-likeness (QED) is 0.807. The van der Waals surface area contributed by atoms with Gasteiger partial charge in [0.2, 0.25) is 5.91 Å². The van der Waals surface area contributed by atoms with Crippen molar-refractivity contribution in [2.24, 2.45) is 0 Å². The van der Waals surface area contributed by atoms with Crippen molar-refractivity contribution in [1.29, 1.82) is 0 Å². The molecule has 1 atom stereocenters. The average Bonchev–Trinajstić information content (AvgIpc) is 2.69. The number of nitrogens with one attached hydrogen (secondary N) is 1. The Labute approximate surface area is 162 Å². The summed E-state index contributed by atoms with van der Waals surface area (Å²) in [6.07, 6.45) is 4.22. The number of rotatable bonds is 7. The number of hydrogen-bond donors (Lipinski definition) is 1. The maximum atomic E-state index is 12.4. The van der Waals surface area contributed by atoms with E-state index in [1.54, 1.807) is 7.11 Å². The first kappa shape index (κ1) is 19.4. The van der Waals surface area contributed by atoms with Gasteiger partial charge < -0.3 is 10.1 Å². The zero-order valence-corrected chi connectivity index (χ0v) is 16.4. The van der Waals surface area contributed by atoms with Crippen molar-refractivity contribution >= 4 is 5.91 Å². The van der Waals surface area contributed by atoms with Crippen molar-refractivity contribution in [3.05, 3.63) is 65.2 Å². The second-order valence-electron chi connectivity index (χ2n) is 7.35. The largest absolute Gasteiger partial charge is 0.496 e. The molecule has 1 aliphatic heterocycles. The predicted octanol–water partition coefficient (Wildman–Crippen LogP) is 3.93. The number of carbonyl (C=O) groups is 1. The number of hydrogen-bond acceptors (Lipinski definition) is 3. The minimum Gasteiger partial charge on any atom is -0.496 e. The first-order valence-corrected chi connectivity index (χ1v) is 9.87. The molecule has 1 aliphatic rings. The highest BCUT2D eigenvalue weighted by molar-refractivity contribution is 5.79. The number of benzene rings is 2. The van der Waals surface area contributed by atoms with Crippen LogP contribution in [0.4, 0.5) is 0 Å². The van der Waals surface area contributed by atoms with Crippen LogP contribution in [0.2, 0.25) is 0 Å². The molecule has 0 radical (unpaired) electrons. The molecule has 4 nitrogen and oxygen atoms in total. The minimum absolute atomic E-state index is 0.0145. The zero-order chi connectivity index (χ0) is 19.1. The number of carbonyl (C=O) groups excluding carboxylic acids is 1. The SMILES string of the molecule is COc1ccccc1CC(=O)NCc1ccccc1CN1CCCCC1C. The second kappa shape index (κ2) is 9.56. The fourth-order valence-electron chi connectivity index (χ4n) is 3.77. The molecule has 1 saturated heterocycles. The zero-order valence-electron chi connectivity index (χ0n) is 16.4. The molecule has 2 aromatic carbocycles. The fraction of sp³-hybridized carbons (Fsp3) is 0.435. The molecule has 0 bridgehead atoms. The molecule has 0 spiro atoms. The molecule has 27 heavy (non-hydrogen) atoms. The summed E-state index contributed by atoms with van der Waals surface area (Å²) in [6, 6.07) is 16.7. The molecule has 3 rings (SSSR count). The van der Waals surface area contributed by atoms with Crippen molar-refractivity contribution in [3.8, 4) is 5.75 Å². The maximum Gasteiger partial charge on any atom is 0.224 e. The summed E-state index contributed by atoms with van der Waals surface area (Å²) in [5.41, 5.74) is 3.42. The fourth-order valence-corrected chi connectivity index (χ4v) is 3.77. The lowest BCUT2D eigenvalue weighted by Crippen LogP contribution is -2.37. The highest BCUT2D eigenvalue weighted by Crippen LogP contribution is 2.21. The molecule has 0 saturated carbocycles. The van der Waals surface area contributed by atoms with Gasteiger partial charge in [-0.3, -0.25) is 9.69 Å². The van der Waals surface area contributed by atoms with E-state index in [0.29, 0.717) is 19.0 Å². The Hall–Kier alpha value is -2.33. The molecule has 0 aromatic heterocycles. The molecule has 1 N–H and O–H groups in total. The molecule has 4 heteroatoms. The van der Waals surface area contributed by atoms with Crippen LogP contribution < -0.4 is 10.1 Å². The van der Waals surface area contributed by atoms with Gasteiger partial charge in [0.25, 0.3) is 0 Å². The smallest absolute Gasteiger partial charge is 0.224 e. The summed E-state index contributed by atoms with van der Waals surface area (Å²) in [6.45, 7) is 5.00. The van der Waals surface area contributed by atoms with Gasteiger partial charge in [-0.1, -0.05) is 48.9 Å². The van der Waals surface area contributed by atoms with Gasteiger partial charge in [0, 0.05) is 24.7 Å². The van der Waals surface area contributed by atoms with Crippen molar-refractivity contribution < 1.29 is 9.53 Å². The van der Waals surface area contributed by atoms with Crippen molar-refractivity contribution in [3.63, 3.8) is 0 Å². The van der Waals surface area contributed by atoms with Gasteiger partial charge in [-0.15, -0.1) is 0 Å². The number of amides is 1. The van der Waals surface area contributed by atoms with Gasteiger partial charge in [-0.05, 0) is 43.5 Å². The lowest BCUT2D eigenvalue weighted by Gasteiger charge is -2.33. The van der Waals surface area contributed by atoms with Crippen LogP contribution in [0, 0.1) is 0 Å². The molecule has 0 aliphatic carbocycles. The first-order valence-electron chi connectivity index (χ1n) is 9.87. The molecule has 2 aromatic rings. The van der Waals surface area contributed by atoms with Crippen LogP contribution in [0.15, 0.2) is 48.5 Å². The Morgan fingerprint density at radius 2 is 1.78 bits per heavy atom. The third-order valence-corrected chi connectivity index (χ3v) is 5.45. The van der Waals surface area contributed by atoms with Crippen molar-refractivity contribution in [2.45, 2.75) is 51.7 Å².